The maximum absolute atomic E-state index is 12.4. The Bertz CT molecular complexity index is 932. The van der Waals surface area contributed by atoms with E-state index >= 15 is 0 Å². The molecule has 1 atom stereocenters. The predicted molar refractivity (Wildman–Crippen MR) is 106 cm³/mol. The van der Waals surface area contributed by atoms with Gasteiger partial charge in [-0.25, -0.2) is 4.79 Å². The molecule has 0 aromatic heterocycles. The van der Waals surface area contributed by atoms with Crippen LogP contribution in [0.3, 0.4) is 0 Å². The lowest BCUT2D eigenvalue weighted by molar-refractivity contribution is -0.123. The van der Waals surface area contributed by atoms with Crippen molar-refractivity contribution in [2.45, 2.75) is 17.9 Å². The number of nitrogens with one attached hydrogen (secondary N) is 1. The van der Waals surface area contributed by atoms with Crippen LogP contribution in [0.4, 0.5) is 5.69 Å². The second-order valence-corrected chi connectivity index (χ2v) is 6.67. The largest absolute Gasteiger partial charge is 0.449 e. The third-order valence-corrected chi connectivity index (χ3v) is 4.77. The minimum absolute atomic E-state index is 0.365. The van der Waals surface area contributed by atoms with E-state index < -0.39 is 12.1 Å². The number of carbonyl (C=O) groups excluding carboxylic acids is 2. The Hall–Kier alpha value is -2.79. The van der Waals surface area contributed by atoms with Gasteiger partial charge in [-0.15, -0.1) is 11.8 Å². The maximum Gasteiger partial charge on any atom is 0.338 e. The molecule has 1 N–H and O–H groups in total. The molecule has 5 heteroatoms. The molecule has 0 radical (unpaired) electrons. The normalized spacial score (nSPS) is 11.8. The fraction of sp³-hybridized carbons (Fsp3) is 0.143. The first-order valence-corrected chi connectivity index (χ1v) is 9.44. The van der Waals surface area contributed by atoms with Gasteiger partial charge in [-0.05, 0) is 48.9 Å². The van der Waals surface area contributed by atoms with Gasteiger partial charge in [0.2, 0.25) is 0 Å². The van der Waals surface area contributed by atoms with Crippen molar-refractivity contribution in [3.63, 3.8) is 0 Å². The highest BCUT2D eigenvalue weighted by molar-refractivity contribution is 7.98. The van der Waals surface area contributed by atoms with Crippen LogP contribution in [0.15, 0.2) is 71.6 Å². The number of esters is 1. The van der Waals surface area contributed by atoms with Crippen molar-refractivity contribution in [3.05, 3.63) is 72.3 Å². The molecule has 0 aliphatic carbocycles. The van der Waals surface area contributed by atoms with E-state index in [1.165, 1.54) is 0 Å². The molecule has 0 saturated carbocycles. The highest BCUT2D eigenvalue weighted by Crippen LogP contribution is 2.23. The van der Waals surface area contributed by atoms with Crippen molar-refractivity contribution in [2.24, 2.45) is 0 Å². The van der Waals surface area contributed by atoms with Crippen molar-refractivity contribution >= 4 is 40.1 Å². The lowest BCUT2D eigenvalue weighted by atomic mass is 10.1. The Morgan fingerprint density at radius 1 is 0.962 bits per heavy atom. The quantitative estimate of drug-likeness (QED) is 0.524. The fourth-order valence-electron chi connectivity index (χ4n) is 2.58. The molecular weight excluding hydrogens is 346 g/mol. The number of ether oxygens (including phenoxy) is 1. The molecule has 132 valence electrons. The van der Waals surface area contributed by atoms with E-state index in [1.54, 1.807) is 30.8 Å². The zero-order valence-electron chi connectivity index (χ0n) is 14.6. The van der Waals surface area contributed by atoms with E-state index in [0.29, 0.717) is 11.3 Å². The summed E-state index contributed by atoms with van der Waals surface area (Å²) in [6, 6.07) is 20.6. The molecule has 0 saturated heterocycles. The average Bonchev–Trinajstić information content (AvgIpc) is 2.68. The van der Waals surface area contributed by atoms with Crippen LogP contribution in [-0.2, 0) is 9.53 Å². The van der Waals surface area contributed by atoms with Crippen LogP contribution < -0.4 is 5.32 Å². The summed E-state index contributed by atoms with van der Waals surface area (Å²) in [5.41, 5.74) is 1.12. The Labute approximate surface area is 156 Å². The van der Waals surface area contributed by atoms with Crippen molar-refractivity contribution in [3.8, 4) is 0 Å². The van der Waals surface area contributed by atoms with Crippen LogP contribution >= 0.6 is 11.8 Å². The van der Waals surface area contributed by atoms with E-state index in [4.69, 9.17) is 4.74 Å². The number of hydrogen-bond donors (Lipinski definition) is 1. The van der Waals surface area contributed by atoms with Crippen LogP contribution in [0, 0.1) is 0 Å². The first-order valence-electron chi connectivity index (χ1n) is 8.22. The summed E-state index contributed by atoms with van der Waals surface area (Å²) in [7, 11) is 0. The van der Waals surface area contributed by atoms with Gasteiger partial charge >= 0.3 is 5.97 Å². The van der Waals surface area contributed by atoms with Crippen LogP contribution in [0.1, 0.15) is 17.3 Å². The second kappa shape index (κ2) is 8.06. The molecule has 3 rings (SSSR count). The molecule has 0 heterocycles. The number of amides is 1. The van der Waals surface area contributed by atoms with E-state index in [-0.39, 0.29) is 5.91 Å². The van der Waals surface area contributed by atoms with Gasteiger partial charge in [0.15, 0.2) is 6.10 Å². The lowest BCUT2D eigenvalue weighted by Gasteiger charge is -2.15. The Morgan fingerprint density at radius 3 is 2.38 bits per heavy atom. The molecule has 26 heavy (non-hydrogen) atoms. The molecule has 0 fully saturated rings. The third kappa shape index (κ3) is 4.06. The molecule has 0 aliphatic heterocycles. The average molecular weight is 365 g/mol. The van der Waals surface area contributed by atoms with Gasteiger partial charge in [-0.2, -0.15) is 0 Å². The van der Waals surface area contributed by atoms with E-state index in [1.807, 2.05) is 60.9 Å². The molecular formula is C21H19NO3S. The summed E-state index contributed by atoms with van der Waals surface area (Å²) in [6.07, 6.45) is 1.06. The first-order chi connectivity index (χ1) is 12.6. The smallest absolute Gasteiger partial charge is 0.338 e. The summed E-state index contributed by atoms with van der Waals surface area (Å²) < 4.78 is 5.30. The minimum Gasteiger partial charge on any atom is -0.449 e. The number of thioether (sulfide) groups is 1. The highest BCUT2D eigenvalue weighted by atomic mass is 32.2. The van der Waals surface area contributed by atoms with Crippen molar-refractivity contribution in [1.29, 1.82) is 0 Å². The molecule has 0 bridgehead atoms. The Kier molecular flexibility index (Phi) is 5.58. The molecule has 0 aliphatic rings. The molecule has 1 amide bonds. The maximum atomic E-state index is 12.4. The number of hydrogen-bond acceptors (Lipinski definition) is 4. The van der Waals surface area contributed by atoms with Gasteiger partial charge in [-0.1, -0.05) is 36.4 Å². The first kappa shape index (κ1) is 18.0. The van der Waals surface area contributed by atoms with Crippen LogP contribution in [0.5, 0.6) is 0 Å². The third-order valence-electron chi connectivity index (χ3n) is 4.03. The molecule has 3 aromatic rings. The topological polar surface area (TPSA) is 55.4 Å². The van der Waals surface area contributed by atoms with Crippen molar-refractivity contribution in [1.82, 2.24) is 0 Å². The summed E-state index contributed by atoms with van der Waals surface area (Å²) in [5, 5.41) is 4.81. The number of benzene rings is 3. The van der Waals surface area contributed by atoms with Gasteiger partial charge in [0.25, 0.3) is 5.91 Å². The van der Waals surface area contributed by atoms with Gasteiger partial charge in [0.05, 0.1) is 5.56 Å². The molecule has 4 nitrogen and oxygen atoms in total. The predicted octanol–water partition coefficient (Wildman–Crippen LogP) is 4.75. The van der Waals surface area contributed by atoms with Crippen LogP contribution in [0.2, 0.25) is 0 Å². The monoisotopic (exact) mass is 365 g/mol. The van der Waals surface area contributed by atoms with Gasteiger partial charge in [0.1, 0.15) is 0 Å². The SMILES string of the molecule is CSc1ccc(C(=O)O[C@@H](C)C(=O)Nc2cccc3ccccc23)cc1. The van der Waals surface area contributed by atoms with Gasteiger partial charge in [-0.3, -0.25) is 4.79 Å². The molecule has 0 unspecified atom stereocenters. The summed E-state index contributed by atoms with van der Waals surface area (Å²) in [6.45, 7) is 1.56. The second-order valence-electron chi connectivity index (χ2n) is 5.79. The number of carbonyl (C=O) groups is 2. The summed E-state index contributed by atoms with van der Waals surface area (Å²) in [5.74, 6) is -0.881. The molecule has 3 aromatic carbocycles. The Balaban J connectivity index is 1.68. The zero-order chi connectivity index (χ0) is 18.5. The Morgan fingerprint density at radius 2 is 1.65 bits per heavy atom. The van der Waals surface area contributed by atoms with Crippen molar-refractivity contribution in [2.75, 3.05) is 11.6 Å². The number of rotatable bonds is 5. The zero-order valence-corrected chi connectivity index (χ0v) is 15.4. The van der Waals surface area contributed by atoms with E-state index in [0.717, 1.165) is 15.7 Å². The van der Waals surface area contributed by atoms with Crippen LogP contribution in [-0.4, -0.2) is 24.2 Å². The standard InChI is InChI=1S/C21H19NO3S/c1-14(25-21(24)16-10-12-17(26-2)13-11-16)20(23)22-19-9-5-7-15-6-3-4-8-18(15)19/h3-14H,1-2H3,(H,22,23)/t14-/m0/s1. The highest BCUT2D eigenvalue weighted by Gasteiger charge is 2.19. The molecule has 0 spiro atoms. The van der Waals surface area contributed by atoms with Gasteiger partial charge in [0, 0.05) is 16.0 Å². The van der Waals surface area contributed by atoms with E-state index in [9.17, 15) is 9.59 Å². The van der Waals surface area contributed by atoms with Gasteiger partial charge < -0.3 is 10.1 Å². The minimum atomic E-state index is -0.901. The van der Waals surface area contributed by atoms with Crippen LogP contribution in [0.25, 0.3) is 10.8 Å². The number of anilines is 1. The summed E-state index contributed by atoms with van der Waals surface area (Å²) in [4.78, 5) is 25.7. The number of fused-ring (bicyclic) bond motifs is 1. The van der Waals surface area contributed by atoms with Crippen molar-refractivity contribution < 1.29 is 14.3 Å². The lowest BCUT2D eigenvalue weighted by Crippen LogP contribution is -2.30. The fourth-order valence-corrected chi connectivity index (χ4v) is 2.99. The van der Waals surface area contributed by atoms with E-state index in [2.05, 4.69) is 5.32 Å². The summed E-state index contributed by atoms with van der Waals surface area (Å²) >= 11 is 1.59.